The minimum absolute atomic E-state index is 0.219. The summed E-state index contributed by atoms with van der Waals surface area (Å²) < 4.78 is 0. The van der Waals surface area contributed by atoms with E-state index in [0.29, 0.717) is 12.8 Å². The van der Waals surface area contributed by atoms with Crippen molar-refractivity contribution in [2.75, 3.05) is 0 Å². The summed E-state index contributed by atoms with van der Waals surface area (Å²) in [6.07, 6.45) is 4.93. The molecular weight excluding hydrogens is 204 g/mol. The van der Waals surface area contributed by atoms with Crippen molar-refractivity contribution in [3.05, 3.63) is 0 Å². The van der Waals surface area contributed by atoms with Crippen molar-refractivity contribution < 1.29 is 14.7 Å². The van der Waals surface area contributed by atoms with Gasteiger partial charge in [0.2, 0.25) is 0 Å². The van der Waals surface area contributed by atoms with Crippen molar-refractivity contribution >= 4 is 12.1 Å². The summed E-state index contributed by atoms with van der Waals surface area (Å²) in [5.41, 5.74) is -1.44. The predicted molar refractivity (Wildman–Crippen MR) is 64.2 cm³/mol. The average molecular weight is 228 g/mol. The van der Waals surface area contributed by atoms with E-state index in [2.05, 4.69) is 6.92 Å². The Kier molecular flexibility index (Phi) is 7.22. The number of carbonyl (C=O) groups is 2. The fourth-order valence-corrected chi connectivity index (χ4v) is 2.01. The molecule has 0 aromatic heterocycles. The third kappa shape index (κ3) is 3.71. The van der Waals surface area contributed by atoms with Crippen LogP contribution in [0.4, 0.5) is 0 Å². The molecule has 0 saturated carbocycles. The molecule has 16 heavy (non-hydrogen) atoms. The van der Waals surface area contributed by atoms with Crippen LogP contribution in [-0.2, 0) is 9.59 Å². The molecule has 0 amide bonds. The van der Waals surface area contributed by atoms with Crippen LogP contribution in [0.3, 0.4) is 0 Å². The SMILES string of the molecule is CCCCC[C@H](C=O)[C@@](O)(CC)C(=O)CC. The molecule has 0 unspecified atom stereocenters. The molecule has 3 nitrogen and oxygen atoms in total. The first-order valence-electron chi connectivity index (χ1n) is 6.27. The first-order valence-corrected chi connectivity index (χ1v) is 6.27. The van der Waals surface area contributed by atoms with E-state index in [4.69, 9.17) is 0 Å². The van der Waals surface area contributed by atoms with Crippen molar-refractivity contribution in [3.63, 3.8) is 0 Å². The highest BCUT2D eigenvalue weighted by Crippen LogP contribution is 2.27. The van der Waals surface area contributed by atoms with Crippen LogP contribution < -0.4 is 0 Å². The van der Waals surface area contributed by atoms with Gasteiger partial charge in [0, 0.05) is 6.42 Å². The second-order valence-corrected chi connectivity index (χ2v) is 4.29. The van der Waals surface area contributed by atoms with Gasteiger partial charge in [-0.2, -0.15) is 0 Å². The highest BCUT2D eigenvalue weighted by atomic mass is 16.3. The first-order chi connectivity index (χ1) is 7.56. The average Bonchev–Trinajstić information content (AvgIpc) is 2.32. The lowest BCUT2D eigenvalue weighted by Gasteiger charge is -2.30. The molecule has 0 rings (SSSR count). The van der Waals surface area contributed by atoms with E-state index in [1.807, 2.05) is 0 Å². The molecule has 0 aliphatic heterocycles. The smallest absolute Gasteiger partial charge is 0.164 e. The van der Waals surface area contributed by atoms with E-state index in [1.165, 1.54) is 0 Å². The Labute approximate surface area is 98.2 Å². The van der Waals surface area contributed by atoms with Gasteiger partial charge in [0.15, 0.2) is 5.78 Å². The van der Waals surface area contributed by atoms with Crippen molar-refractivity contribution in [2.45, 2.75) is 64.9 Å². The lowest BCUT2D eigenvalue weighted by atomic mass is 9.78. The maximum Gasteiger partial charge on any atom is 0.164 e. The molecule has 0 aliphatic rings. The van der Waals surface area contributed by atoms with E-state index < -0.39 is 11.5 Å². The van der Waals surface area contributed by atoms with Crippen LogP contribution in [0.25, 0.3) is 0 Å². The van der Waals surface area contributed by atoms with Crippen LogP contribution in [0.1, 0.15) is 59.3 Å². The van der Waals surface area contributed by atoms with E-state index in [0.717, 1.165) is 25.5 Å². The minimum atomic E-state index is -1.44. The molecule has 1 N–H and O–H groups in total. The van der Waals surface area contributed by atoms with Crippen molar-refractivity contribution in [2.24, 2.45) is 5.92 Å². The van der Waals surface area contributed by atoms with Crippen LogP contribution in [0.5, 0.6) is 0 Å². The summed E-state index contributed by atoms with van der Waals surface area (Å²) in [5.74, 6) is -0.764. The summed E-state index contributed by atoms with van der Waals surface area (Å²) in [4.78, 5) is 22.7. The fraction of sp³-hybridized carbons (Fsp3) is 0.846. The fourth-order valence-electron chi connectivity index (χ4n) is 2.01. The van der Waals surface area contributed by atoms with Gasteiger partial charge in [-0.15, -0.1) is 0 Å². The minimum Gasteiger partial charge on any atom is -0.381 e. The topological polar surface area (TPSA) is 54.4 Å². The molecule has 94 valence electrons. The van der Waals surface area contributed by atoms with Crippen molar-refractivity contribution in [1.29, 1.82) is 0 Å². The highest BCUT2D eigenvalue weighted by molar-refractivity contribution is 5.89. The molecule has 2 atom stereocenters. The molecule has 0 aromatic rings. The number of unbranched alkanes of at least 4 members (excludes halogenated alkanes) is 2. The Morgan fingerprint density at radius 3 is 2.31 bits per heavy atom. The zero-order valence-electron chi connectivity index (χ0n) is 10.7. The molecule has 0 radical (unpaired) electrons. The zero-order valence-corrected chi connectivity index (χ0v) is 10.7. The lowest BCUT2D eigenvalue weighted by Crippen LogP contribution is -2.46. The zero-order chi connectivity index (χ0) is 12.6. The van der Waals surface area contributed by atoms with Crippen molar-refractivity contribution in [1.82, 2.24) is 0 Å². The Morgan fingerprint density at radius 2 is 1.94 bits per heavy atom. The van der Waals surface area contributed by atoms with Gasteiger partial charge in [-0.05, 0) is 12.8 Å². The summed E-state index contributed by atoms with van der Waals surface area (Å²) in [6.45, 7) is 5.56. The predicted octanol–water partition coefficient (Wildman–Crippen LogP) is 2.50. The molecule has 0 saturated heterocycles. The Bertz CT molecular complexity index is 225. The highest BCUT2D eigenvalue weighted by Gasteiger charge is 2.40. The van der Waals surface area contributed by atoms with Gasteiger partial charge in [0.25, 0.3) is 0 Å². The van der Waals surface area contributed by atoms with Crippen LogP contribution in [-0.4, -0.2) is 22.8 Å². The summed E-state index contributed by atoms with van der Waals surface area (Å²) in [7, 11) is 0. The van der Waals surface area contributed by atoms with E-state index in [9.17, 15) is 14.7 Å². The number of aliphatic hydroxyl groups is 1. The summed E-state index contributed by atoms with van der Waals surface area (Å²) >= 11 is 0. The van der Waals surface area contributed by atoms with Gasteiger partial charge >= 0.3 is 0 Å². The monoisotopic (exact) mass is 228 g/mol. The Morgan fingerprint density at radius 1 is 1.31 bits per heavy atom. The molecule has 0 fully saturated rings. The van der Waals surface area contributed by atoms with E-state index in [1.54, 1.807) is 13.8 Å². The van der Waals surface area contributed by atoms with Gasteiger partial charge in [-0.25, -0.2) is 0 Å². The van der Waals surface area contributed by atoms with Gasteiger partial charge in [-0.1, -0.05) is 40.0 Å². The standard InChI is InChI=1S/C13H24O3/c1-4-7-8-9-11(10-14)13(16,6-3)12(15)5-2/h10-11,16H,4-9H2,1-3H3/t11-,13+/m1/s1. The van der Waals surface area contributed by atoms with E-state index in [-0.39, 0.29) is 12.2 Å². The second kappa shape index (κ2) is 7.55. The number of aldehydes is 1. The number of rotatable bonds is 9. The number of hydrogen-bond donors (Lipinski definition) is 1. The third-order valence-electron chi connectivity index (χ3n) is 3.24. The summed E-state index contributed by atoms with van der Waals surface area (Å²) in [6, 6.07) is 0. The first kappa shape index (κ1) is 15.3. The second-order valence-electron chi connectivity index (χ2n) is 4.29. The van der Waals surface area contributed by atoms with Crippen LogP contribution in [0, 0.1) is 5.92 Å². The van der Waals surface area contributed by atoms with Gasteiger partial charge in [0.05, 0.1) is 5.92 Å². The number of carbonyl (C=O) groups excluding carboxylic acids is 2. The molecule has 0 heterocycles. The van der Waals surface area contributed by atoms with Gasteiger partial charge < -0.3 is 9.90 Å². The maximum absolute atomic E-state index is 11.7. The van der Waals surface area contributed by atoms with Crippen LogP contribution in [0.2, 0.25) is 0 Å². The molecule has 0 bridgehead atoms. The van der Waals surface area contributed by atoms with Gasteiger partial charge in [0.1, 0.15) is 11.9 Å². The molecule has 0 spiro atoms. The molecule has 0 aliphatic carbocycles. The normalized spacial score (nSPS) is 16.5. The Balaban J connectivity index is 4.60. The van der Waals surface area contributed by atoms with E-state index >= 15 is 0 Å². The maximum atomic E-state index is 11.7. The number of ketones is 1. The largest absolute Gasteiger partial charge is 0.381 e. The van der Waals surface area contributed by atoms with Gasteiger partial charge in [-0.3, -0.25) is 4.79 Å². The molecule has 3 heteroatoms. The third-order valence-corrected chi connectivity index (χ3v) is 3.24. The molecule has 0 aromatic carbocycles. The number of Topliss-reactive ketones (excluding diaryl/α,β-unsaturated/α-hetero) is 1. The number of hydrogen-bond acceptors (Lipinski definition) is 3. The lowest BCUT2D eigenvalue weighted by molar-refractivity contribution is -0.147. The van der Waals surface area contributed by atoms with Crippen molar-refractivity contribution in [3.8, 4) is 0 Å². The van der Waals surface area contributed by atoms with Crippen LogP contribution >= 0.6 is 0 Å². The summed E-state index contributed by atoms with van der Waals surface area (Å²) in [5, 5.41) is 10.3. The quantitative estimate of drug-likeness (QED) is 0.487. The molecular formula is C13H24O3. The van der Waals surface area contributed by atoms with Crippen LogP contribution in [0.15, 0.2) is 0 Å². The Hall–Kier alpha value is -0.700.